The summed E-state index contributed by atoms with van der Waals surface area (Å²) in [6.07, 6.45) is -0.251. The van der Waals surface area contributed by atoms with Gasteiger partial charge in [0.15, 0.2) is 0 Å². The van der Waals surface area contributed by atoms with Gasteiger partial charge in [-0.05, 0) is 18.2 Å². The number of amides is 1. The molecule has 0 saturated carbocycles. The second-order valence-electron chi connectivity index (χ2n) is 4.18. The number of hydrogen-bond acceptors (Lipinski definition) is 3. The van der Waals surface area contributed by atoms with Crippen LogP contribution in [-0.4, -0.2) is 36.6 Å². The van der Waals surface area contributed by atoms with Crippen molar-refractivity contribution in [1.29, 1.82) is 0 Å². The Balaban J connectivity index is 2.11. The zero-order valence-corrected chi connectivity index (χ0v) is 9.73. The molecule has 1 aliphatic heterocycles. The van der Waals surface area contributed by atoms with E-state index in [4.69, 9.17) is 10.5 Å². The smallest absolute Gasteiger partial charge is 0.248 e. The monoisotopic (exact) mass is 256 g/mol. The summed E-state index contributed by atoms with van der Waals surface area (Å²) in [6, 6.07) is 3.19. The molecular formula is C12H14F2N2O2. The van der Waals surface area contributed by atoms with Crippen molar-refractivity contribution in [3.8, 4) is 0 Å². The van der Waals surface area contributed by atoms with Crippen LogP contribution < -0.4 is 5.73 Å². The maximum absolute atomic E-state index is 13.5. The van der Waals surface area contributed by atoms with Gasteiger partial charge in [0.1, 0.15) is 18.2 Å². The fourth-order valence-electron chi connectivity index (χ4n) is 1.85. The molecule has 1 unspecified atom stereocenters. The molecule has 0 radical (unpaired) electrons. The van der Waals surface area contributed by atoms with E-state index in [-0.39, 0.29) is 37.3 Å². The van der Waals surface area contributed by atoms with Crippen molar-refractivity contribution in [1.82, 2.24) is 4.90 Å². The fourth-order valence-corrected chi connectivity index (χ4v) is 1.85. The highest BCUT2D eigenvalue weighted by atomic mass is 19.1. The molecular weight excluding hydrogens is 242 g/mol. The van der Waals surface area contributed by atoms with Gasteiger partial charge < -0.3 is 15.4 Å². The molecule has 1 heterocycles. The molecule has 1 aliphatic rings. The van der Waals surface area contributed by atoms with E-state index in [1.807, 2.05) is 0 Å². The highest BCUT2D eigenvalue weighted by Gasteiger charge is 2.26. The second-order valence-corrected chi connectivity index (χ2v) is 4.18. The Kier molecular flexibility index (Phi) is 3.88. The van der Waals surface area contributed by atoms with E-state index in [1.165, 1.54) is 4.90 Å². The van der Waals surface area contributed by atoms with Gasteiger partial charge in [0.2, 0.25) is 5.91 Å². The molecule has 1 atom stereocenters. The van der Waals surface area contributed by atoms with Gasteiger partial charge in [-0.25, -0.2) is 8.78 Å². The van der Waals surface area contributed by atoms with Crippen LogP contribution in [0.3, 0.4) is 0 Å². The van der Waals surface area contributed by atoms with Crippen LogP contribution in [0, 0.1) is 11.6 Å². The third kappa shape index (κ3) is 2.83. The average Bonchev–Trinajstić information content (AvgIpc) is 2.36. The minimum Gasteiger partial charge on any atom is -0.365 e. The van der Waals surface area contributed by atoms with E-state index < -0.39 is 11.6 Å². The van der Waals surface area contributed by atoms with Crippen LogP contribution >= 0.6 is 0 Å². The molecule has 1 saturated heterocycles. The average molecular weight is 256 g/mol. The van der Waals surface area contributed by atoms with Crippen molar-refractivity contribution in [2.75, 3.05) is 19.7 Å². The first kappa shape index (κ1) is 12.9. The maximum atomic E-state index is 13.5. The summed E-state index contributed by atoms with van der Waals surface area (Å²) in [6.45, 7) is 0.543. The zero-order valence-electron chi connectivity index (χ0n) is 9.73. The topological polar surface area (TPSA) is 55.6 Å². The van der Waals surface area contributed by atoms with Gasteiger partial charge in [-0.1, -0.05) is 0 Å². The zero-order chi connectivity index (χ0) is 13.1. The number of nitrogens with zero attached hydrogens (tertiary/aromatic N) is 1. The second kappa shape index (κ2) is 5.41. The van der Waals surface area contributed by atoms with Crippen LogP contribution in [0.15, 0.2) is 18.2 Å². The van der Waals surface area contributed by atoms with Crippen molar-refractivity contribution in [2.45, 2.75) is 12.6 Å². The van der Waals surface area contributed by atoms with Crippen LogP contribution in [0.25, 0.3) is 0 Å². The molecule has 0 bridgehead atoms. The molecule has 1 aromatic carbocycles. The van der Waals surface area contributed by atoms with E-state index in [9.17, 15) is 13.6 Å². The number of nitrogens with two attached hydrogens (primary N) is 1. The number of ether oxygens (including phenoxy) is 1. The van der Waals surface area contributed by atoms with Crippen LogP contribution in [0.5, 0.6) is 0 Å². The Morgan fingerprint density at radius 2 is 2.22 bits per heavy atom. The minimum atomic E-state index is -0.528. The largest absolute Gasteiger partial charge is 0.365 e. The molecule has 0 spiro atoms. The molecule has 4 nitrogen and oxygen atoms in total. The predicted octanol–water partition coefficient (Wildman–Crippen LogP) is 0.651. The lowest BCUT2D eigenvalue weighted by atomic mass is 10.1. The number of halogens is 2. The lowest BCUT2D eigenvalue weighted by Gasteiger charge is -2.32. The molecule has 18 heavy (non-hydrogen) atoms. The van der Waals surface area contributed by atoms with Crippen molar-refractivity contribution >= 4 is 5.91 Å². The first-order valence-electron chi connectivity index (χ1n) is 5.63. The Morgan fingerprint density at radius 1 is 1.44 bits per heavy atom. The molecule has 1 fully saturated rings. The number of carbonyl (C=O) groups excluding carboxylic acids is 1. The van der Waals surface area contributed by atoms with Gasteiger partial charge >= 0.3 is 0 Å². The number of hydrogen-bond donors (Lipinski definition) is 1. The molecule has 98 valence electrons. The van der Waals surface area contributed by atoms with E-state index in [1.54, 1.807) is 0 Å². The summed E-state index contributed by atoms with van der Waals surface area (Å²) in [5, 5.41) is 0. The Morgan fingerprint density at radius 3 is 2.94 bits per heavy atom. The van der Waals surface area contributed by atoms with Crippen molar-refractivity contribution in [2.24, 2.45) is 5.73 Å². The SMILES string of the molecule is NCC1CN(Cc2cc(F)ccc2F)C(=O)CO1. The third-order valence-electron chi connectivity index (χ3n) is 2.85. The van der Waals surface area contributed by atoms with Gasteiger partial charge in [-0.2, -0.15) is 0 Å². The molecule has 2 rings (SSSR count). The molecule has 2 N–H and O–H groups in total. The number of benzene rings is 1. The highest BCUT2D eigenvalue weighted by molar-refractivity contribution is 5.78. The van der Waals surface area contributed by atoms with Gasteiger partial charge in [-0.3, -0.25) is 4.79 Å². The Labute approximate surface area is 103 Å². The maximum Gasteiger partial charge on any atom is 0.248 e. The summed E-state index contributed by atoms with van der Waals surface area (Å²) in [5.41, 5.74) is 5.61. The van der Waals surface area contributed by atoms with Crippen molar-refractivity contribution in [3.63, 3.8) is 0 Å². The molecule has 0 aliphatic carbocycles. The van der Waals surface area contributed by atoms with Gasteiger partial charge in [-0.15, -0.1) is 0 Å². The number of rotatable bonds is 3. The lowest BCUT2D eigenvalue weighted by Crippen LogP contribution is -2.48. The third-order valence-corrected chi connectivity index (χ3v) is 2.85. The molecule has 6 heteroatoms. The van der Waals surface area contributed by atoms with Crippen molar-refractivity contribution in [3.05, 3.63) is 35.4 Å². The molecule has 0 aromatic heterocycles. The fraction of sp³-hybridized carbons (Fsp3) is 0.417. The van der Waals surface area contributed by atoms with Crippen LogP contribution in [-0.2, 0) is 16.1 Å². The lowest BCUT2D eigenvalue weighted by molar-refractivity contribution is -0.149. The predicted molar refractivity (Wildman–Crippen MR) is 60.6 cm³/mol. The summed E-state index contributed by atoms with van der Waals surface area (Å²) in [7, 11) is 0. The van der Waals surface area contributed by atoms with Gasteiger partial charge in [0, 0.05) is 25.2 Å². The highest BCUT2D eigenvalue weighted by Crippen LogP contribution is 2.15. The number of carbonyl (C=O) groups is 1. The standard InChI is InChI=1S/C12H14F2N2O2/c13-9-1-2-11(14)8(3-9)5-16-6-10(4-15)18-7-12(16)17/h1-3,10H,4-7,15H2. The van der Waals surface area contributed by atoms with E-state index in [0.717, 1.165) is 18.2 Å². The minimum absolute atomic E-state index is 0.0300. The van der Waals surface area contributed by atoms with Crippen LogP contribution in [0.1, 0.15) is 5.56 Å². The summed E-state index contributed by atoms with van der Waals surface area (Å²) >= 11 is 0. The van der Waals surface area contributed by atoms with E-state index in [0.29, 0.717) is 6.54 Å². The van der Waals surface area contributed by atoms with E-state index >= 15 is 0 Å². The van der Waals surface area contributed by atoms with Crippen molar-refractivity contribution < 1.29 is 18.3 Å². The molecule has 1 aromatic rings. The normalized spacial score (nSPS) is 20.3. The first-order chi connectivity index (χ1) is 8.60. The Hall–Kier alpha value is -1.53. The first-order valence-corrected chi connectivity index (χ1v) is 5.63. The van der Waals surface area contributed by atoms with Crippen LogP contribution in [0.4, 0.5) is 8.78 Å². The summed E-state index contributed by atoms with van der Waals surface area (Å²) in [4.78, 5) is 13.0. The Bertz CT molecular complexity index is 454. The summed E-state index contributed by atoms with van der Waals surface area (Å²) in [5.74, 6) is -1.30. The molecule has 1 amide bonds. The summed E-state index contributed by atoms with van der Waals surface area (Å²) < 4.78 is 31.7. The number of morpholine rings is 1. The van der Waals surface area contributed by atoms with Gasteiger partial charge in [0.25, 0.3) is 0 Å². The quantitative estimate of drug-likeness (QED) is 0.864. The van der Waals surface area contributed by atoms with E-state index in [2.05, 4.69) is 0 Å². The van der Waals surface area contributed by atoms with Gasteiger partial charge in [0.05, 0.1) is 6.10 Å². The van der Waals surface area contributed by atoms with Crippen LogP contribution in [0.2, 0.25) is 0 Å².